The van der Waals surface area contributed by atoms with Gasteiger partial charge in [0, 0.05) is 0 Å². The van der Waals surface area contributed by atoms with Crippen LogP contribution in [-0.4, -0.2) is 3.21 Å². The minimum atomic E-state index is 0. The predicted molar refractivity (Wildman–Crippen MR) is 175 cm³/mol. The average Bonchev–Trinajstić information content (AvgIpc) is 3.75. The minimum absolute atomic E-state index is 0. The molecule has 8 rings (SSSR count). The van der Waals surface area contributed by atoms with Gasteiger partial charge in [0.1, 0.15) is 0 Å². The maximum Gasteiger partial charge on any atom is -0.0240 e. The molecule has 0 spiro atoms. The van der Waals surface area contributed by atoms with E-state index in [1.807, 2.05) is 18.2 Å². The third-order valence-corrected chi connectivity index (χ3v) is 8.58. The maximum absolute atomic E-state index is 3.48. The molecule has 0 N–H and O–H groups in total. The molecule has 44 heavy (non-hydrogen) atoms. The second-order valence-corrected chi connectivity index (χ2v) is 12.4. The van der Waals surface area contributed by atoms with Gasteiger partial charge in [0.05, 0.1) is 0 Å². The van der Waals surface area contributed by atoms with Crippen LogP contribution < -0.4 is 24.8 Å². The molecule has 0 atom stereocenters. The van der Waals surface area contributed by atoms with Gasteiger partial charge in [-0.1, -0.05) is 53.9 Å². The van der Waals surface area contributed by atoms with E-state index >= 15 is 0 Å². The first-order valence-corrected chi connectivity index (χ1v) is 15.8. The molecule has 0 saturated carbocycles. The molecular weight excluding hydrogens is 655 g/mol. The summed E-state index contributed by atoms with van der Waals surface area (Å²) in [7, 11) is 0. The van der Waals surface area contributed by atoms with Crippen molar-refractivity contribution in [1.82, 2.24) is 0 Å². The predicted octanol–water partition coefficient (Wildman–Crippen LogP) is 3.87. The standard InChI is InChI=1S/C21H13.C15H14.C5H5.2ClH.Zr/c1-2-8-15-14(7-1)13-20-18-11-4-3-9-16(18)17-10-5-6-12-19(17)21(15)20;1-3-8-14(9-4-1)12-7-13-15-10-5-2-6-11-15;1-2-4-5-3-1;;;/h1-10,12H,13H2;1-6,8-11H,12-13H2;1-3H,4H2;2*1H;/q-1;;-1;;;+2/p-2. The zero-order valence-electron chi connectivity index (χ0n) is 24.4. The van der Waals surface area contributed by atoms with E-state index < -0.39 is 0 Å². The van der Waals surface area contributed by atoms with Crippen LogP contribution in [0.1, 0.15) is 28.7 Å². The summed E-state index contributed by atoms with van der Waals surface area (Å²) in [6, 6.07) is 48.7. The Balaban J connectivity index is 0.000000171. The van der Waals surface area contributed by atoms with Crippen LogP contribution in [0.2, 0.25) is 0 Å². The quantitative estimate of drug-likeness (QED) is 0.195. The fourth-order valence-electron chi connectivity index (χ4n) is 5.81. The Bertz CT molecular complexity index is 1840. The summed E-state index contributed by atoms with van der Waals surface area (Å²) in [5, 5.41) is 5.30. The van der Waals surface area contributed by atoms with Crippen LogP contribution in [0.5, 0.6) is 0 Å². The summed E-state index contributed by atoms with van der Waals surface area (Å²) in [6.07, 6.45) is 13.3. The molecule has 0 unspecified atom stereocenters. The van der Waals surface area contributed by atoms with E-state index in [4.69, 9.17) is 0 Å². The molecule has 0 saturated heterocycles. The fraction of sp³-hybridized carbons (Fsp3) is 0.0976. The van der Waals surface area contributed by atoms with E-state index in [2.05, 4.69) is 140 Å². The average molecular weight is 687 g/mol. The molecule has 0 nitrogen and oxygen atoms in total. The fourth-order valence-corrected chi connectivity index (χ4v) is 6.82. The SMILES string of the molecule is [C-]1=CC=CC1.[Cl-].[Cl-].[Zr+2]=[C](Cc1ccccc1)Cc1ccccc1.[c-]1cccc2c1c1c(c3ccccc32)-c2ccccc2C1. The van der Waals surface area contributed by atoms with E-state index in [0.29, 0.717) is 0 Å². The van der Waals surface area contributed by atoms with Gasteiger partial charge >= 0.3 is 112 Å². The normalized spacial score (nSPS) is 11.7. The summed E-state index contributed by atoms with van der Waals surface area (Å²) in [6.45, 7) is 0. The summed E-state index contributed by atoms with van der Waals surface area (Å²) in [4.78, 5) is 0. The van der Waals surface area contributed by atoms with Crippen molar-refractivity contribution in [2.45, 2.75) is 25.7 Å². The Morgan fingerprint density at radius 3 is 1.84 bits per heavy atom. The van der Waals surface area contributed by atoms with Crippen LogP contribution in [0.15, 0.2) is 146 Å². The van der Waals surface area contributed by atoms with Crippen LogP contribution in [-0.2, 0) is 43.5 Å². The Morgan fingerprint density at radius 2 is 1.23 bits per heavy atom. The molecule has 0 bridgehead atoms. The molecule has 6 aromatic rings. The van der Waals surface area contributed by atoms with Gasteiger partial charge in [-0.25, -0.2) is 12.2 Å². The molecule has 0 amide bonds. The molecule has 0 fully saturated rings. The summed E-state index contributed by atoms with van der Waals surface area (Å²) < 4.78 is 1.60. The number of benzene rings is 6. The summed E-state index contributed by atoms with van der Waals surface area (Å²) >= 11 is 1.55. The molecule has 2 aliphatic rings. The molecule has 0 aliphatic heterocycles. The van der Waals surface area contributed by atoms with E-state index in [1.165, 1.54) is 54.9 Å². The van der Waals surface area contributed by atoms with E-state index in [0.717, 1.165) is 25.7 Å². The number of fused-ring (bicyclic) bond motifs is 8. The van der Waals surface area contributed by atoms with Crippen molar-refractivity contribution in [2.24, 2.45) is 0 Å². The summed E-state index contributed by atoms with van der Waals surface area (Å²) in [5.74, 6) is 0. The Hall–Kier alpha value is -3.35. The van der Waals surface area contributed by atoms with Gasteiger partial charge < -0.3 is 24.8 Å². The Morgan fingerprint density at radius 1 is 0.636 bits per heavy atom. The largest absolute Gasteiger partial charge is 0.147 e. The van der Waals surface area contributed by atoms with Gasteiger partial charge in [-0.15, -0.1) is 47.0 Å². The first kappa shape index (κ1) is 33.5. The molecule has 0 heterocycles. The van der Waals surface area contributed by atoms with Crippen molar-refractivity contribution in [3.63, 3.8) is 0 Å². The van der Waals surface area contributed by atoms with Crippen molar-refractivity contribution in [2.75, 3.05) is 0 Å². The molecular formula is C41H32Cl2Zr-2. The number of rotatable bonds is 4. The molecule has 216 valence electrons. The Labute approximate surface area is 288 Å². The van der Waals surface area contributed by atoms with Gasteiger partial charge in [-0.05, 0) is 28.5 Å². The van der Waals surface area contributed by atoms with Crippen LogP contribution >= 0.6 is 0 Å². The molecule has 2 aliphatic carbocycles. The van der Waals surface area contributed by atoms with Crippen molar-refractivity contribution in [1.29, 1.82) is 0 Å². The van der Waals surface area contributed by atoms with Crippen LogP contribution in [0.4, 0.5) is 0 Å². The second kappa shape index (κ2) is 16.6. The second-order valence-electron chi connectivity index (χ2n) is 10.6. The molecule has 0 aromatic heterocycles. The first-order chi connectivity index (χ1) is 20.8. The third-order valence-electron chi connectivity index (χ3n) is 7.71. The maximum atomic E-state index is 3.48. The molecule has 6 aromatic carbocycles. The van der Waals surface area contributed by atoms with Crippen molar-refractivity contribution >= 4 is 24.8 Å². The van der Waals surface area contributed by atoms with Crippen molar-refractivity contribution < 1.29 is 49.0 Å². The van der Waals surface area contributed by atoms with Gasteiger partial charge in [0.15, 0.2) is 0 Å². The zero-order chi connectivity index (χ0) is 28.6. The third kappa shape index (κ3) is 8.02. The van der Waals surface area contributed by atoms with E-state index in [9.17, 15) is 0 Å². The smallest absolute Gasteiger partial charge is 0.0240 e. The van der Waals surface area contributed by atoms with Gasteiger partial charge in [0.2, 0.25) is 0 Å². The first-order valence-electron chi connectivity index (χ1n) is 14.6. The topological polar surface area (TPSA) is 0 Å². The van der Waals surface area contributed by atoms with Crippen LogP contribution in [0.25, 0.3) is 32.7 Å². The zero-order valence-corrected chi connectivity index (χ0v) is 28.4. The van der Waals surface area contributed by atoms with Gasteiger partial charge in [-0.2, -0.15) is 6.08 Å². The molecule has 3 heteroatoms. The van der Waals surface area contributed by atoms with E-state index in [-0.39, 0.29) is 24.8 Å². The van der Waals surface area contributed by atoms with Crippen molar-refractivity contribution in [3.8, 4) is 11.1 Å². The number of allylic oxidation sites excluding steroid dienone is 4. The molecule has 0 radical (unpaired) electrons. The van der Waals surface area contributed by atoms with Gasteiger partial charge in [-0.3, -0.25) is 6.08 Å². The van der Waals surface area contributed by atoms with Crippen LogP contribution in [0.3, 0.4) is 0 Å². The van der Waals surface area contributed by atoms with E-state index in [1.54, 1.807) is 27.4 Å². The summed E-state index contributed by atoms with van der Waals surface area (Å²) in [5.41, 5.74) is 8.52. The number of hydrogen-bond donors (Lipinski definition) is 0. The van der Waals surface area contributed by atoms with Gasteiger partial charge in [0.25, 0.3) is 0 Å². The van der Waals surface area contributed by atoms with Crippen LogP contribution in [0, 0.1) is 12.1 Å². The minimum Gasteiger partial charge on any atom is -0.147 e. The number of hydrogen-bond acceptors (Lipinski definition) is 0. The Kier molecular flexibility index (Phi) is 12.7. The monoisotopic (exact) mass is 684 g/mol. The number of halogens is 2. The van der Waals surface area contributed by atoms with Crippen molar-refractivity contribution in [3.05, 3.63) is 180 Å².